The molecule has 0 amide bonds. The van der Waals surface area contributed by atoms with Crippen LogP contribution in [0, 0.1) is 18.3 Å². The third-order valence-electron chi connectivity index (χ3n) is 2.89. The molecule has 2 N–H and O–H groups in total. The predicted octanol–water partition coefficient (Wildman–Crippen LogP) is 1.05. The Morgan fingerprint density at radius 2 is 2.09 bits per heavy atom. The van der Waals surface area contributed by atoms with Crippen LogP contribution in [0.1, 0.15) is 11.1 Å². The molecule has 1 aromatic heterocycles. The van der Waals surface area contributed by atoms with Crippen LogP contribution in [0.15, 0.2) is 41.7 Å². The first-order valence-electron chi connectivity index (χ1n) is 6.53. The summed E-state index contributed by atoms with van der Waals surface area (Å²) in [6.45, 7) is 2.25. The Balaban J connectivity index is 1.98. The van der Waals surface area contributed by atoms with E-state index in [0.717, 1.165) is 0 Å². The fourth-order valence-corrected chi connectivity index (χ4v) is 3.10. The van der Waals surface area contributed by atoms with Gasteiger partial charge in [0.2, 0.25) is 10.0 Å². The topological polar surface area (TPSA) is 108 Å². The van der Waals surface area contributed by atoms with Crippen molar-refractivity contribution in [3.05, 3.63) is 47.9 Å². The second-order valence-corrected chi connectivity index (χ2v) is 6.24. The highest BCUT2D eigenvalue weighted by Crippen LogP contribution is 2.16. The van der Waals surface area contributed by atoms with Crippen LogP contribution in [-0.4, -0.2) is 31.5 Å². The lowest BCUT2D eigenvalue weighted by molar-refractivity contribution is 0.582. The molecule has 114 valence electrons. The average Bonchev–Trinajstić information content (AvgIpc) is 2.53. The van der Waals surface area contributed by atoms with Gasteiger partial charge in [-0.2, -0.15) is 5.26 Å². The zero-order valence-electron chi connectivity index (χ0n) is 11.9. The van der Waals surface area contributed by atoms with E-state index in [2.05, 4.69) is 20.0 Å². The molecule has 2 rings (SSSR count). The van der Waals surface area contributed by atoms with Crippen LogP contribution in [0.4, 0.5) is 5.82 Å². The van der Waals surface area contributed by atoms with Crippen molar-refractivity contribution in [1.29, 1.82) is 5.26 Å². The second-order valence-electron chi connectivity index (χ2n) is 4.51. The van der Waals surface area contributed by atoms with E-state index in [0.29, 0.717) is 23.5 Å². The first kappa shape index (κ1) is 15.9. The Morgan fingerprint density at radius 1 is 1.27 bits per heavy atom. The van der Waals surface area contributed by atoms with Crippen LogP contribution in [0.5, 0.6) is 0 Å². The molecule has 0 aliphatic carbocycles. The maximum Gasteiger partial charge on any atom is 0.240 e. The van der Waals surface area contributed by atoms with Gasteiger partial charge in [0.05, 0.1) is 22.7 Å². The fourth-order valence-electron chi connectivity index (χ4n) is 1.80. The Morgan fingerprint density at radius 3 is 2.77 bits per heavy atom. The van der Waals surface area contributed by atoms with E-state index >= 15 is 0 Å². The molecule has 0 atom stereocenters. The number of benzene rings is 1. The molecule has 0 radical (unpaired) electrons. The van der Waals surface area contributed by atoms with E-state index in [1.54, 1.807) is 37.6 Å². The van der Waals surface area contributed by atoms with Gasteiger partial charge < -0.3 is 5.32 Å². The molecule has 2 aromatic rings. The van der Waals surface area contributed by atoms with Crippen molar-refractivity contribution in [1.82, 2.24) is 14.7 Å². The van der Waals surface area contributed by atoms with Gasteiger partial charge in [0.25, 0.3) is 0 Å². The normalized spacial score (nSPS) is 10.9. The van der Waals surface area contributed by atoms with E-state index in [1.165, 1.54) is 6.07 Å². The molecule has 7 nitrogen and oxygen atoms in total. The molecule has 0 unspecified atom stereocenters. The first-order chi connectivity index (χ1) is 10.5. The third-order valence-corrected chi connectivity index (χ3v) is 4.50. The molecule has 0 bridgehead atoms. The Kier molecular flexibility index (Phi) is 5.04. The van der Waals surface area contributed by atoms with Gasteiger partial charge in [-0.05, 0) is 24.6 Å². The zero-order chi connectivity index (χ0) is 16.0. The SMILES string of the molecule is Cc1ccc(C#N)cc1S(=O)(=O)NCCNc1cnccn1. The van der Waals surface area contributed by atoms with Gasteiger partial charge >= 0.3 is 0 Å². The summed E-state index contributed by atoms with van der Waals surface area (Å²) in [6.07, 6.45) is 4.65. The van der Waals surface area contributed by atoms with Gasteiger partial charge in [0.15, 0.2) is 0 Å². The lowest BCUT2D eigenvalue weighted by Crippen LogP contribution is -2.29. The molecular weight excluding hydrogens is 302 g/mol. The van der Waals surface area contributed by atoms with E-state index in [1.807, 2.05) is 6.07 Å². The molecule has 22 heavy (non-hydrogen) atoms. The van der Waals surface area contributed by atoms with E-state index in [4.69, 9.17) is 5.26 Å². The molecule has 0 saturated carbocycles. The molecule has 0 spiro atoms. The Labute approximate surface area is 129 Å². The average molecular weight is 317 g/mol. The Bertz CT molecular complexity index is 785. The quantitative estimate of drug-likeness (QED) is 0.771. The number of aromatic nitrogens is 2. The largest absolute Gasteiger partial charge is 0.367 e. The van der Waals surface area contributed by atoms with E-state index in [-0.39, 0.29) is 11.4 Å². The molecule has 0 saturated heterocycles. The van der Waals surface area contributed by atoms with Crippen LogP contribution in [0.2, 0.25) is 0 Å². The number of sulfonamides is 1. The van der Waals surface area contributed by atoms with E-state index < -0.39 is 10.0 Å². The molecule has 0 aliphatic rings. The molecule has 0 aliphatic heterocycles. The second kappa shape index (κ2) is 6.98. The number of nitrogens with one attached hydrogen (secondary N) is 2. The standard InChI is InChI=1S/C14H15N5O2S/c1-11-2-3-12(9-15)8-13(11)22(20,21)19-7-6-18-14-10-16-4-5-17-14/h2-5,8,10,19H,6-7H2,1H3,(H,17,18). The van der Waals surface area contributed by atoms with Crippen molar-refractivity contribution >= 4 is 15.8 Å². The van der Waals surface area contributed by atoms with Crippen LogP contribution >= 0.6 is 0 Å². The van der Waals surface area contributed by atoms with Crippen LogP contribution in [0.25, 0.3) is 0 Å². The number of rotatable bonds is 6. The van der Waals surface area contributed by atoms with Crippen molar-refractivity contribution < 1.29 is 8.42 Å². The smallest absolute Gasteiger partial charge is 0.240 e. The Hall–Kier alpha value is -2.50. The molecule has 1 heterocycles. The lowest BCUT2D eigenvalue weighted by atomic mass is 10.2. The van der Waals surface area contributed by atoms with Gasteiger partial charge in [-0.25, -0.2) is 18.1 Å². The summed E-state index contributed by atoms with van der Waals surface area (Å²) in [7, 11) is -3.66. The third kappa shape index (κ3) is 4.00. The fraction of sp³-hybridized carbons (Fsp3) is 0.214. The maximum absolute atomic E-state index is 12.3. The van der Waals surface area contributed by atoms with Gasteiger partial charge in [-0.15, -0.1) is 0 Å². The number of hydrogen-bond acceptors (Lipinski definition) is 6. The molecule has 0 fully saturated rings. The number of anilines is 1. The summed E-state index contributed by atoms with van der Waals surface area (Å²) in [5, 5.41) is 11.8. The summed E-state index contributed by atoms with van der Waals surface area (Å²) >= 11 is 0. The predicted molar refractivity (Wildman–Crippen MR) is 81.6 cm³/mol. The maximum atomic E-state index is 12.3. The first-order valence-corrected chi connectivity index (χ1v) is 8.01. The number of hydrogen-bond donors (Lipinski definition) is 2. The number of nitrogens with zero attached hydrogens (tertiary/aromatic N) is 3. The highest BCUT2D eigenvalue weighted by Gasteiger charge is 2.16. The van der Waals surface area contributed by atoms with Crippen LogP contribution in [0.3, 0.4) is 0 Å². The van der Waals surface area contributed by atoms with Crippen molar-refractivity contribution in [2.75, 3.05) is 18.4 Å². The summed E-state index contributed by atoms with van der Waals surface area (Å²) in [5.74, 6) is 0.573. The van der Waals surface area contributed by atoms with Crippen molar-refractivity contribution in [2.45, 2.75) is 11.8 Å². The number of aryl methyl sites for hydroxylation is 1. The summed E-state index contributed by atoms with van der Waals surface area (Å²) < 4.78 is 27.0. The summed E-state index contributed by atoms with van der Waals surface area (Å²) in [5.41, 5.74) is 0.900. The minimum absolute atomic E-state index is 0.117. The zero-order valence-corrected chi connectivity index (χ0v) is 12.8. The monoisotopic (exact) mass is 317 g/mol. The van der Waals surface area contributed by atoms with Crippen molar-refractivity contribution in [3.8, 4) is 6.07 Å². The van der Waals surface area contributed by atoms with Gasteiger partial charge in [-0.3, -0.25) is 4.98 Å². The van der Waals surface area contributed by atoms with E-state index in [9.17, 15) is 8.42 Å². The number of nitriles is 1. The van der Waals surface area contributed by atoms with Crippen molar-refractivity contribution in [2.24, 2.45) is 0 Å². The van der Waals surface area contributed by atoms with Crippen LogP contribution < -0.4 is 10.0 Å². The molecule has 8 heteroatoms. The van der Waals surface area contributed by atoms with Gasteiger partial charge in [0.1, 0.15) is 5.82 Å². The van der Waals surface area contributed by atoms with Crippen molar-refractivity contribution in [3.63, 3.8) is 0 Å². The highest BCUT2D eigenvalue weighted by atomic mass is 32.2. The summed E-state index contributed by atoms with van der Waals surface area (Å²) in [6, 6.07) is 6.51. The minimum atomic E-state index is -3.66. The molecule has 1 aromatic carbocycles. The molecular formula is C14H15N5O2S. The minimum Gasteiger partial charge on any atom is -0.367 e. The van der Waals surface area contributed by atoms with Gasteiger partial charge in [0, 0.05) is 25.5 Å². The van der Waals surface area contributed by atoms with Gasteiger partial charge in [-0.1, -0.05) is 6.07 Å². The summed E-state index contributed by atoms with van der Waals surface area (Å²) in [4.78, 5) is 8.03. The highest BCUT2D eigenvalue weighted by molar-refractivity contribution is 7.89. The van der Waals surface area contributed by atoms with Crippen LogP contribution in [-0.2, 0) is 10.0 Å². The lowest BCUT2D eigenvalue weighted by Gasteiger charge is -2.10.